The lowest BCUT2D eigenvalue weighted by Gasteiger charge is -2.24. The molecule has 0 saturated carbocycles. The van der Waals surface area contributed by atoms with Crippen molar-refractivity contribution in [2.45, 2.75) is 13.0 Å². The van der Waals surface area contributed by atoms with E-state index >= 15 is 0 Å². The molecule has 0 aromatic carbocycles. The second kappa shape index (κ2) is 8.90. The predicted molar refractivity (Wildman–Crippen MR) is 66.7 cm³/mol. The molecule has 1 fully saturated rings. The van der Waals surface area contributed by atoms with Crippen molar-refractivity contribution in [1.29, 1.82) is 0 Å². The molecular weight excluding hydrogens is 204 g/mol. The summed E-state index contributed by atoms with van der Waals surface area (Å²) in [5.74, 6) is 0. The van der Waals surface area contributed by atoms with E-state index in [1.165, 1.54) is 0 Å². The lowest BCUT2D eigenvalue weighted by molar-refractivity contribution is 0.127. The highest BCUT2D eigenvalue weighted by atomic mass is 16.3. The Hall–Kier alpha value is -0.200. The second-order valence-corrected chi connectivity index (χ2v) is 4.40. The minimum absolute atomic E-state index is 0.241. The molecule has 5 nitrogen and oxygen atoms in total. The third-order valence-electron chi connectivity index (χ3n) is 2.69. The predicted octanol–water partition coefficient (Wildman–Crippen LogP) is -1.55. The maximum Gasteiger partial charge on any atom is 0.0639 e. The van der Waals surface area contributed by atoms with Crippen molar-refractivity contribution in [3.8, 4) is 0 Å². The summed E-state index contributed by atoms with van der Waals surface area (Å²) in [4.78, 5) is 2.31. The maximum absolute atomic E-state index is 9.40. The average molecular weight is 230 g/mol. The highest BCUT2D eigenvalue weighted by Crippen LogP contribution is 1.91. The minimum atomic E-state index is -0.241. The summed E-state index contributed by atoms with van der Waals surface area (Å²) in [6.45, 7) is 10.7. The molecule has 96 valence electrons. The normalized spacial score (nSPS) is 24.4. The lowest BCUT2D eigenvalue weighted by Crippen LogP contribution is -2.43. The molecule has 1 unspecified atom stereocenters. The smallest absolute Gasteiger partial charge is 0.0639 e. The van der Waals surface area contributed by atoms with Crippen LogP contribution in [0.3, 0.4) is 0 Å². The molecule has 0 spiro atoms. The van der Waals surface area contributed by atoms with Crippen molar-refractivity contribution >= 4 is 0 Å². The molecule has 0 aliphatic carbocycles. The van der Waals surface area contributed by atoms with Gasteiger partial charge in [0.2, 0.25) is 0 Å². The molecule has 1 atom stereocenters. The zero-order valence-corrected chi connectivity index (χ0v) is 10.3. The van der Waals surface area contributed by atoms with Gasteiger partial charge in [0.1, 0.15) is 0 Å². The molecule has 0 amide bonds. The van der Waals surface area contributed by atoms with Crippen molar-refractivity contribution in [2.24, 2.45) is 0 Å². The van der Waals surface area contributed by atoms with E-state index < -0.39 is 0 Å². The zero-order valence-electron chi connectivity index (χ0n) is 10.3. The van der Waals surface area contributed by atoms with Crippen molar-refractivity contribution in [3.05, 3.63) is 0 Å². The largest absolute Gasteiger partial charge is 0.392 e. The topological polar surface area (TPSA) is 59.6 Å². The van der Waals surface area contributed by atoms with Crippen LogP contribution >= 0.6 is 0 Å². The summed E-state index contributed by atoms with van der Waals surface area (Å²) in [5.41, 5.74) is 0. The van der Waals surface area contributed by atoms with Crippen molar-refractivity contribution in [1.82, 2.24) is 20.9 Å². The summed E-state index contributed by atoms with van der Waals surface area (Å²) >= 11 is 0. The Balaban J connectivity index is 2.24. The number of hydrogen-bond donors (Lipinski definition) is 4. The molecular formula is C11H26N4O. The van der Waals surface area contributed by atoms with Crippen molar-refractivity contribution in [3.63, 3.8) is 0 Å². The minimum Gasteiger partial charge on any atom is -0.392 e. The van der Waals surface area contributed by atoms with Gasteiger partial charge in [-0.2, -0.15) is 0 Å². The fourth-order valence-corrected chi connectivity index (χ4v) is 1.87. The molecule has 0 bridgehead atoms. The number of nitrogens with one attached hydrogen (secondary N) is 3. The highest BCUT2D eigenvalue weighted by molar-refractivity contribution is 4.66. The van der Waals surface area contributed by atoms with Gasteiger partial charge in [-0.3, -0.25) is 4.90 Å². The first-order valence-corrected chi connectivity index (χ1v) is 6.31. The van der Waals surface area contributed by atoms with Crippen molar-refractivity contribution < 1.29 is 5.11 Å². The van der Waals surface area contributed by atoms with E-state index in [1.54, 1.807) is 0 Å². The molecule has 5 heteroatoms. The average Bonchev–Trinajstić information content (AvgIpc) is 2.21. The van der Waals surface area contributed by atoms with Gasteiger partial charge in [-0.05, 0) is 6.92 Å². The van der Waals surface area contributed by atoms with Gasteiger partial charge in [0.25, 0.3) is 0 Å². The van der Waals surface area contributed by atoms with Crippen LogP contribution in [0.25, 0.3) is 0 Å². The first-order valence-electron chi connectivity index (χ1n) is 6.31. The molecule has 1 aliphatic rings. The molecule has 1 rings (SSSR count). The number of hydrogen-bond acceptors (Lipinski definition) is 5. The van der Waals surface area contributed by atoms with Crippen LogP contribution in [0.4, 0.5) is 0 Å². The Labute approximate surface area is 98.6 Å². The summed E-state index contributed by atoms with van der Waals surface area (Å²) in [7, 11) is 0. The molecule has 4 N–H and O–H groups in total. The zero-order chi connectivity index (χ0) is 11.6. The SMILES string of the molecule is CC(O)CN1CCNCCNCCNCC1. The van der Waals surface area contributed by atoms with Crippen LogP contribution in [0, 0.1) is 0 Å². The van der Waals surface area contributed by atoms with Gasteiger partial charge >= 0.3 is 0 Å². The number of rotatable bonds is 2. The first-order chi connectivity index (χ1) is 7.79. The highest BCUT2D eigenvalue weighted by Gasteiger charge is 2.07. The number of aliphatic hydroxyl groups is 1. The van der Waals surface area contributed by atoms with Crippen LogP contribution in [-0.4, -0.2) is 75.0 Å². The molecule has 16 heavy (non-hydrogen) atoms. The van der Waals surface area contributed by atoms with Gasteiger partial charge in [0, 0.05) is 58.9 Å². The summed E-state index contributed by atoms with van der Waals surface area (Å²) < 4.78 is 0. The van der Waals surface area contributed by atoms with E-state index in [9.17, 15) is 5.11 Å². The molecule has 1 aliphatic heterocycles. The number of aliphatic hydroxyl groups excluding tert-OH is 1. The van der Waals surface area contributed by atoms with Gasteiger partial charge in [0.05, 0.1) is 6.10 Å². The quantitative estimate of drug-likeness (QED) is 0.463. The van der Waals surface area contributed by atoms with Crippen LogP contribution < -0.4 is 16.0 Å². The fraction of sp³-hybridized carbons (Fsp3) is 1.00. The summed E-state index contributed by atoms with van der Waals surface area (Å²) in [6.07, 6.45) is -0.241. The van der Waals surface area contributed by atoms with E-state index in [4.69, 9.17) is 0 Å². The molecule has 1 heterocycles. The van der Waals surface area contributed by atoms with Crippen molar-refractivity contribution in [2.75, 3.05) is 58.9 Å². The van der Waals surface area contributed by atoms with E-state index in [0.717, 1.165) is 58.9 Å². The van der Waals surface area contributed by atoms with Crippen LogP contribution in [-0.2, 0) is 0 Å². The van der Waals surface area contributed by atoms with Crippen LogP contribution in [0.1, 0.15) is 6.92 Å². The first kappa shape index (κ1) is 13.9. The number of nitrogens with zero attached hydrogens (tertiary/aromatic N) is 1. The van der Waals surface area contributed by atoms with Gasteiger partial charge in [-0.1, -0.05) is 0 Å². The number of β-amino-alcohol motifs (C(OH)–C–C–N with tert-alkyl or cyclic N) is 1. The third-order valence-corrected chi connectivity index (χ3v) is 2.69. The molecule has 0 radical (unpaired) electrons. The Bertz CT molecular complexity index is 154. The Kier molecular flexibility index (Phi) is 7.71. The summed E-state index contributed by atoms with van der Waals surface area (Å²) in [5, 5.41) is 19.6. The van der Waals surface area contributed by atoms with Crippen LogP contribution in [0.15, 0.2) is 0 Å². The summed E-state index contributed by atoms with van der Waals surface area (Å²) in [6, 6.07) is 0. The Morgan fingerprint density at radius 3 is 1.81 bits per heavy atom. The lowest BCUT2D eigenvalue weighted by atomic mass is 10.3. The van der Waals surface area contributed by atoms with E-state index in [1.807, 2.05) is 6.92 Å². The Morgan fingerprint density at radius 2 is 1.38 bits per heavy atom. The Morgan fingerprint density at radius 1 is 0.938 bits per heavy atom. The van der Waals surface area contributed by atoms with Gasteiger partial charge < -0.3 is 21.1 Å². The maximum atomic E-state index is 9.40. The van der Waals surface area contributed by atoms with Crippen LogP contribution in [0.2, 0.25) is 0 Å². The van der Waals surface area contributed by atoms with E-state index in [0.29, 0.717) is 0 Å². The third kappa shape index (κ3) is 7.14. The second-order valence-electron chi connectivity index (χ2n) is 4.40. The van der Waals surface area contributed by atoms with Gasteiger partial charge in [0.15, 0.2) is 0 Å². The van der Waals surface area contributed by atoms with E-state index in [-0.39, 0.29) is 6.10 Å². The monoisotopic (exact) mass is 230 g/mol. The molecule has 0 aromatic heterocycles. The van der Waals surface area contributed by atoms with Gasteiger partial charge in [-0.15, -0.1) is 0 Å². The van der Waals surface area contributed by atoms with Crippen LogP contribution in [0.5, 0.6) is 0 Å². The van der Waals surface area contributed by atoms with Gasteiger partial charge in [-0.25, -0.2) is 0 Å². The molecule has 1 saturated heterocycles. The fourth-order valence-electron chi connectivity index (χ4n) is 1.87. The standard InChI is InChI=1S/C11H26N4O/c1-11(16)10-15-8-6-13-4-2-12-3-5-14-7-9-15/h11-14,16H,2-10H2,1H3. The molecule has 0 aromatic rings. The van der Waals surface area contributed by atoms with E-state index in [2.05, 4.69) is 20.9 Å².